The Hall–Kier alpha value is -1.38. The summed E-state index contributed by atoms with van der Waals surface area (Å²) in [6.07, 6.45) is 0. The summed E-state index contributed by atoms with van der Waals surface area (Å²) >= 11 is 0. The molecule has 0 bridgehead atoms. The quantitative estimate of drug-likeness (QED) is 0.409. The van der Waals surface area contributed by atoms with E-state index in [0.717, 1.165) is 5.32 Å². The van der Waals surface area contributed by atoms with Crippen molar-refractivity contribution < 1.29 is 32.3 Å². The summed E-state index contributed by atoms with van der Waals surface area (Å²) in [5.41, 5.74) is 3.98. The van der Waals surface area contributed by atoms with Crippen molar-refractivity contribution in [3.63, 3.8) is 0 Å². The second-order valence-corrected chi connectivity index (χ2v) is 2.18. The molecule has 0 rings (SSSR count). The lowest BCUT2D eigenvalue weighted by molar-refractivity contribution is -0.209. The standard InChI is InChI=1S/C5H6F4N2O3/c6-4(7,2(10)13)5(8,9)3(14)11-1-12/h12H,1H2,(H2,10,13)(H,11,14). The van der Waals surface area contributed by atoms with Crippen molar-refractivity contribution in [2.24, 2.45) is 5.73 Å². The Bertz CT molecular complexity index is 255. The number of alkyl halides is 4. The van der Waals surface area contributed by atoms with Crippen molar-refractivity contribution >= 4 is 11.8 Å². The van der Waals surface area contributed by atoms with Crippen molar-refractivity contribution in [2.45, 2.75) is 11.8 Å². The molecule has 0 atom stereocenters. The van der Waals surface area contributed by atoms with Crippen molar-refractivity contribution in [3.8, 4) is 0 Å². The van der Waals surface area contributed by atoms with Gasteiger partial charge in [-0.1, -0.05) is 0 Å². The number of nitrogens with one attached hydrogen (secondary N) is 1. The number of aliphatic hydroxyl groups is 1. The first kappa shape index (κ1) is 12.6. The minimum Gasteiger partial charge on any atom is -0.376 e. The molecule has 9 heteroatoms. The van der Waals surface area contributed by atoms with Crippen molar-refractivity contribution in [1.29, 1.82) is 0 Å². The third-order valence-electron chi connectivity index (χ3n) is 1.23. The third-order valence-corrected chi connectivity index (χ3v) is 1.23. The average molecular weight is 218 g/mol. The number of amides is 2. The zero-order valence-electron chi connectivity index (χ0n) is 6.56. The monoisotopic (exact) mass is 218 g/mol. The van der Waals surface area contributed by atoms with Crippen molar-refractivity contribution in [2.75, 3.05) is 6.73 Å². The van der Waals surface area contributed by atoms with Gasteiger partial charge in [-0.3, -0.25) is 9.59 Å². The fourth-order valence-electron chi connectivity index (χ4n) is 0.480. The highest BCUT2D eigenvalue weighted by Crippen LogP contribution is 2.33. The third kappa shape index (κ3) is 1.92. The summed E-state index contributed by atoms with van der Waals surface area (Å²) in [6, 6.07) is 0. The maximum absolute atomic E-state index is 12.5. The Morgan fingerprint density at radius 1 is 1.21 bits per heavy atom. The number of halogens is 4. The normalized spacial score (nSPS) is 12.4. The summed E-state index contributed by atoms with van der Waals surface area (Å²) in [6.45, 7) is -1.26. The number of hydrogen-bond donors (Lipinski definition) is 3. The molecule has 82 valence electrons. The van der Waals surface area contributed by atoms with E-state index in [0.29, 0.717) is 0 Å². The largest absolute Gasteiger partial charge is 0.395 e. The molecule has 0 radical (unpaired) electrons. The van der Waals surface area contributed by atoms with Crippen LogP contribution in [0.3, 0.4) is 0 Å². The first-order valence-corrected chi connectivity index (χ1v) is 3.12. The molecule has 0 saturated heterocycles. The highest BCUT2D eigenvalue weighted by atomic mass is 19.3. The lowest BCUT2D eigenvalue weighted by atomic mass is 10.1. The smallest absolute Gasteiger partial charge is 0.376 e. The maximum atomic E-state index is 12.5. The molecule has 0 saturated carbocycles. The van der Waals surface area contributed by atoms with E-state index >= 15 is 0 Å². The zero-order chi connectivity index (χ0) is 11.6. The lowest BCUT2D eigenvalue weighted by Gasteiger charge is -2.21. The minimum absolute atomic E-state index is 1.03. The van der Waals surface area contributed by atoms with Gasteiger partial charge in [-0.15, -0.1) is 0 Å². The van der Waals surface area contributed by atoms with Gasteiger partial charge in [-0.05, 0) is 0 Å². The van der Waals surface area contributed by atoms with Gasteiger partial charge in [0.15, 0.2) is 0 Å². The Balaban J connectivity index is 4.94. The molecule has 4 N–H and O–H groups in total. The van der Waals surface area contributed by atoms with Crippen LogP contribution in [0.5, 0.6) is 0 Å². The minimum atomic E-state index is -5.30. The zero-order valence-corrected chi connectivity index (χ0v) is 6.56. The molecule has 0 aromatic heterocycles. The van der Waals surface area contributed by atoms with E-state index in [4.69, 9.17) is 5.11 Å². The van der Waals surface area contributed by atoms with Crippen LogP contribution < -0.4 is 11.1 Å². The summed E-state index contributed by atoms with van der Waals surface area (Å²) in [5.74, 6) is -15.7. The van der Waals surface area contributed by atoms with E-state index in [1.165, 1.54) is 0 Å². The molecule has 0 aliphatic carbocycles. The second kappa shape index (κ2) is 3.78. The number of nitrogens with two attached hydrogens (primary N) is 1. The van der Waals surface area contributed by atoms with Gasteiger partial charge < -0.3 is 16.2 Å². The van der Waals surface area contributed by atoms with Gasteiger partial charge in [0, 0.05) is 0 Å². The molecule has 5 nitrogen and oxygen atoms in total. The Labute approximate surface area is 74.9 Å². The van der Waals surface area contributed by atoms with Crippen LogP contribution in [0.2, 0.25) is 0 Å². The molecular weight excluding hydrogens is 212 g/mol. The molecule has 14 heavy (non-hydrogen) atoms. The van der Waals surface area contributed by atoms with E-state index in [-0.39, 0.29) is 0 Å². The number of rotatable bonds is 4. The first-order chi connectivity index (χ1) is 6.17. The highest BCUT2D eigenvalue weighted by Gasteiger charge is 2.66. The van der Waals surface area contributed by atoms with E-state index < -0.39 is 30.4 Å². The van der Waals surface area contributed by atoms with Crippen molar-refractivity contribution in [3.05, 3.63) is 0 Å². The van der Waals surface area contributed by atoms with E-state index in [2.05, 4.69) is 5.73 Å². The fraction of sp³-hybridized carbons (Fsp3) is 0.600. The molecule has 0 aromatic rings. The van der Waals surface area contributed by atoms with Crippen LogP contribution in [0.4, 0.5) is 17.6 Å². The molecule has 0 spiro atoms. The molecule has 0 aliphatic rings. The van der Waals surface area contributed by atoms with Crippen LogP contribution in [0.1, 0.15) is 0 Å². The van der Waals surface area contributed by atoms with Crippen LogP contribution in [0.25, 0.3) is 0 Å². The van der Waals surface area contributed by atoms with Crippen LogP contribution >= 0.6 is 0 Å². The molecule has 0 fully saturated rings. The number of carbonyl (C=O) groups is 2. The van der Waals surface area contributed by atoms with Gasteiger partial charge in [0.05, 0.1) is 0 Å². The fourth-order valence-corrected chi connectivity index (χ4v) is 0.480. The van der Waals surface area contributed by atoms with Gasteiger partial charge >= 0.3 is 11.8 Å². The summed E-state index contributed by atoms with van der Waals surface area (Å²) in [5, 5.41) is 9.00. The summed E-state index contributed by atoms with van der Waals surface area (Å²) in [4.78, 5) is 20.2. The number of hydrogen-bond acceptors (Lipinski definition) is 3. The predicted octanol–water partition coefficient (Wildman–Crippen LogP) is -1.19. The number of primary amides is 1. The Morgan fingerprint density at radius 3 is 1.93 bits per heavy atom. The molecular formula is C5H6F4N2O3. The molecule has 0 aliphatic heterocycles. The number of aliphatic hydroxyl groups excluding tert-OH is 1. The first-order valence-electron chi connectivity index (χ1n) is 3.12. The lowest BCUT2D eigenvalue weighted by Crippen LogP contribution is -2.58. The van der Waals surface area contributed by atoms with Crippen LogP contribution in [-0.4, -0.2) is 35.5 Å². The van der Waals surface area contributed by atoms with Crippen LogP contribution in [0, 0.1) is 0 Å². The molecule has 0 heterocycles. The highest BCUT2D eigenvalue weighted by molar-refractivity contribution is 5.94. The van der Waals surface area contributed by atoms with E-state index in [1.54, 1.807) is 0 Å². The maximum Gasteiger partial charge on any atom is 0.395 e. The molecule has 0 aromatic carbocycles. The van der Waals surface area contributed by atoms with Gasteiger partial charge in [-0.2, -0.15) is 17.6 Å². The van der Waals surface area contributed by atoms with Crippen molar-refractivity contribution in [1.82, 2.24) is 5.32 Å². The molecule has 2 amide bonds. The topological polar surface area (TPSA) is 92.4 Å². The van der Waals surface area contributed by atoms with Gasteiger partial charge in [0.2, 0.25) is 0 Å². The van der Waals surface area contributed by atoms with Gasteiger partial charge in [0.25, 0.3) is 11.8 Å². The summed E-state index contributed by atoms with van der Waals surface area (Å²) in [7, 11) is 0. The van der Waals surface area contributed by atoms with E-state index in [1.807, 2.05) is 0 Å². The number of carbonyl (C=O) groups excluding carboxylic acids is 2. The molecule has 0 unspecified atom stereocenters. The SMILES string of the molecule is NC(=O)C(F)(F)C(F)(F)C(=O)NCO. The van der Waals surface area contributed by atoms with Crippen LogP contribution in [0.15, 0.2) is 0 Å². The van der Waals surface area contributed by atoms with Crippen LogP contribution in [-0.2, 0) is 9.59 Å². The summed E-state index contributed by atoms with van der Waals surface area (Å²) < 4.78 is 49.6. The van der Waals surface area contributed by atoms with Gasteiger partial charge in [-0.25, -0.2) is 0 Å². The second-order valence-electron chi connectivity index (χ2n) is 2.18. The Kier molecular flexibility index (Phi) is 3.41. The predicted molar refractivity (Wildman–Crippen MR) is 34.3 cm³/mol. The average Bonchev–Trinajstić information content (AvgIpc) is 2.04. The van der Waals surface area contributed by atoms with E-state index in [9.17, 15) is 27.2 Å². The van der Waals surface area contributed by atoms with Gasteiger partial charge in [0.1, 0.15) is 6.73 Å². The Morgan fingerprint density at radius 2 is 1.64 bits per heavy atom.